The predicted octanol–water partition coefficient (Wildman–Crippen LogP) is 2.64. The SMILES string of the molecule is NC(=O)Nc1ccc(Oc2cc(F)cc(F)c2)cn1. The summed E-state index contributed by atoms with van der Waals surface area (Å²) < 4.78 is 31.1. The van der Waals surface area contributed by atoms with E-state index >= 15 is 0 Å². The van der Waals surface area contributed by atoms with Gasteiger partial charge >= 0.3 is 6.03 Å². The lowest BCUT2D eigenvalue weighted by atomic mass is 10.3. The van der Waals surface area contributed by atoms with Gasteiger partial charge in [0.25, 0.3) is 0 Å². The van der Waals surface area contributed by atoms with Crippen molar-refractivity contribution in [1.82, 2.24) is 4.98 Å². The van der Waals surface area contributed by atoms with Crippen LogP contribution >= 0.6 is 0 Å². The Labute approximate surface area is 107 Å². The van der Waals surface area contributed by atoms with Crippen molar-refractivity contribution in [2.24, 2.45) is 5.73 Å². The zero-order valence-electron chi connectivity index (χ0n) is 9.56. The Morgan fingerprint density at radius 1 is 1.16 bits per heavy atom. The molecule has 0 saturated heterocycles. The Kier molecular flexibility index (Phi) is 3.56. The Bertz CT molecular complexity index is 582. The van der Waals surface area contributed by atoms with Gasteiger partial charge in [-0.25, -0.2) is 18.6 Å². The van der Waals surface area contributed by atoms with E-state index < -0.39 is 17.7 Å². The number of primary amides is 1. The molecule has 7 heteroatoms. The maximum Gasteiger partial charge on any atom is 0.317 e. The summed E-state index contributed by atoms with van der Waals surface area (Å²) in [6, 6.07) is 4.99. The molecule has 1 aromatic heterocycles. The second-order valence-corrected chi connectivity index (χ2v) is 3.58. The molecule has 2 amide bonds. The average molecular weight is 265 g/mol. The maximum absolute atomic E-state index is 12.9. The summed E-state index contributed by atoms with van der Waals surface area (Å²) in [7, 11) is 0. The number of pyridine rings is 1. The van der Waals surface area contributed by atoms with Gasteiger partial charge in [0, 0.05) is 18.2 Å². The lowest BCUT2D eigenvalue weighted by molar-refractivity contribution is 0.259. The molecule has 0 unspecified atom stereocenters. The van der Waals surface area contributed by atoms with Gasteiger partial charge in [0.1, 0.15) is 29.0 Å². The molecule has 0 fully saturated rings. The largest absolute Gasteiger partial charge is 0.456 e. The standard InChI is InChI=1S/C12H9F2N3O2/c13-7-3-8(14)5-10(4-7)19-9-1-2-11(16-6-9)17-12(15)18/h1-6H,(H3,15,16,17,18). The van der Waals surface area contributed by atoms with Crippen LogP contribution in [0.25, 0.3) is 0 Å². The summed E-state index contributed by atoms with van der Waals surface area (Å²) in [5.41, 5.74) is 4.91. The van der Waals surface area contributed by atoms with Crippen LogP contribution in [0.4, 0.5) is 19.4 Å². The van der Waals surface area contributed by atoms with E-state index in [1.54, 1.807) is 0 Å². The zero-order chi connectivity index (χ0) is 13.8. The first-order chi connectivity index (χ1) is 9.02. The van der Waals surface area contributed by atoms with Gasteiger partial charge in [-0.3, -0.25) is 5.32 Å². The number of carbonyl (C=O) groups excluding carboxylic acids is 1. The molecule has 5 nitrogen and oxygen atoms in total. The molecular formula is C12H9F2N3O2. The molecule has 0 aliphatic carbocycles. The molecule has 2 aromatic rings. The van der Waals surface area contributed by atoms with Crippen molar-refractivity contribution in [2.75, 3.05) is 5.32 Å². The summed E-state index contributed by atoms with van der Waals surface area (Å²) in [5.74, 6) is -0.967. The number of halogens is 2. The van der Waals surface area contributed by atoms with Crippen LogP contribution in [-0.2, 0) is 0 Å². The van der Waals surface area contributed by atoms with Gasteiger partial charge in [-0.1, -0.05) is 0 Å². The van der Waals surface area contributed by atoms with Crippen LogP contribution in [-0.4, -0.2) is 11.0 Å². The summed E-state index contributed by atoms with van der Waals surface area (Å²) in [6.45, 7) is 0. The summed E-state index contributed by atoms with van der Waals surface area (Å²) >= 11 is 0. The number of nitrogens with two attached hydrogens (primary N) is 1. The van der Waals surface area contributed by atoms with Crippen molar-refractivity contribution >= 4 is 11.8 Å². The third-order valence-corrected chi connectivity index (χ3v) is 2.06. The van der Waals surface area contributed by atoms with E-state index in [1.165, 1.54) is 18.3 Å². The van der Waals surface area contributed by atoms with Crippen LogP contribution in [0.5, 0.6) is 11.5 Å². The lowest BCUT2D eigenvalue weighted by Gasteiger charge is -2.06. The quantitative estimate of drug-likeness (QED) is 0.895. The normalized spacial score (nSPS) is 10.0. The molecule has 0 saturated carbocycles. The molecule has 19 heavy (non-hydrogen) atoms. The Morgan fingerprint density at radius 2 is 1.84 bits per heavy atom. The molecular weight excluding hydrogens is 256 g/mol. The van der Waals surface area contributed by atoms with E-state index in [9.17, 15) is 13.6 Å². The van der Waals surface area contributed by atoms with Crippen molar-refractivity contribution in [3.05, 3.63) is 48.2 Å². The molecule has 0 radical (unpaired) electrons. The number of ether oxygens (including phenoxy) is 1. The van der Waals surface area contributed by atoms with Gasteiger partial charge in [0.05, 0.1) is 6.20 Å². The molecule has 0 aliphatic rings. The number of anilines is 1. The van der Waals surface area contributed by atoms with Gasteiger partial charge in [-0.2, -0.15) is 0 Å². The molecule has 98 valence electrons. The van der Waals surface area contributed by atoms with E-state index in [1.807, 2.05) is 0 Å². The third-order valence-electron chi connectivity index (χ3n) is 2.06. The highest BCUT2D eigenvalue weighted by atomic mass is 19.1. The van der Waals surface area contributed by atoms with Crippen LogP contribution in [0, 0.1) is 11.6 Å². The van der Waals surface area contributed by atoms with Crippen LogP contribution in [0.15, 0.2) is 36.5 Å². The molecule has 1 aromatic carbocycles. The van der Waals surface area contributed by atoms with Crippen molar-refractivity contribution in [3.63, 3.8) is 0 Å². The van der Waals surface area contributed by atoms with Crippen LogP contribution < -0.4 is 15.8 Å². The van der Waals surface area contributed by atoms with Crippen molar-refractivity contribution in [2.45, 2.75) is 0 Å². The Balaban J connectivity index is 2.12. The Morgan fingerprint density at radius 3 is 2.37 bits per heavy atom. The van der Waals surface area contributed by atoms with E-state index in [0.717, 1.165) is 18.2 Å². The Hall–Kier alpha value is -2.70. The number of carbonyl (C=O) groups is 1. The topological polar surface area (TPSA) is 77.2 Å². The van der Waals surface area contributed by atoms with Crippen molar-refractivity contribution in [3.8, 4) is 11.5 Å². The second kappa shape index (κ2) is 5.30. The molecule has 0 aliphatic heterocycles. The number of amides is 2. The first kappa shape index (κ1) is 12.7. The van der Waals surface area contributed by atoms with Crippen LogP contribution in [0.3, 0.4) is 0 Å². The highest BCUT2D eigenvalue weighted by Gasteiger charge is 2.04. The van der Waals surface area contributed by atoms with E-state index in [0.29, 0.717) is 0 Å². The van der Waals surface area contributed by atoms with E-state index in [2.05, 4.69) is 10.3 Å². The third kappa shape index (κ3) is 3.63. The number of hydrogen-bond donors (Lipinski definition) is 2. The monoisotopic (exact) mass is 265 g/mol. The number of nitrogens with one attached hydrogen (secondary N) is 1. The fourth-order valence-electron chi connectivity index (χ4n) is 1.36. The number of rotatable bonds is 3. The number of nitrogens with zero attached hydrogens (tertiary/aromatic N) is 1. The fourth-order valence-corrected chi connectivity index (χ4v) is 1.36. The van der Waals surface area contributed by atoms with Gasteiger partial charge in [-0.05, 0) is 12.1 Å². The van der Waals surface area contributed by atoms with Gasteiger partial charge in [-0.15, -0.1) is 0 Å². The molecule has 0 bridgehead atoms. The first-order valence-corrected chi connectivity index (χ1v) is 5.19. The second-order valence-electron chi connectivity index (χ2n) is 3.58. The van der Waals surface area contributed by atoms with Crippen LogP contribution in [0.2, 0.25) is 0 Å². The first-order valence-electron chi connectivity index (χ1n) is 5.19. The van der Waals surface area contributed by atoms with E-state index in [-0.39, 0.29) is 17.3 Å². The minimum absolute atomic E-state index is 0.00918. The van der Waals surface area contributed by atoms with Crippen molar-refractivity contribution in [1.29, 1.82) is 0 Å². The molecule has 0 atom stereocenters. The number of benzene rings is 1. The average Bonchev–Trinajstić information content (AvgIpc) is 2.29. The predicted molar refractivity (Wildman–Crippen MR) is 63.9 cm³/mol. The van der Waals surface area contributed by atoms with Crippen LogP contribution in [0.1, 0.15) is 0 Å². The minimum atomic E-state index is -0.742. The summed E-state index contributed by atoms with van der Waals surface area (Å²) in [4.78, 5) is 14.4. The minimum Gasteiger partial charge on any atom is -0.456 e. The highest BCUT2D eigenvalue weighted by Crippen LogP contribution is 2.23. The van der Waals surface area contributed by atoms with Gasteiger partial charge in [0.2, 0.25) is 0 Å². The number of aromatic nitrogens is 1. The number of urea groups is 1. The van der Waals surface area contributed by atoms with Gasteiger partial charge < -0.3 is 10.5 Å². The van der Waals surface area contributed by atoms with E-state index in [4.69, 9.17) is 10.5 Å². The molecule has 2 rings (SSSR count). The summed E-state index contributed by atoms with van der Waals surface area (Å²) in [6.07, 6.45) is 1.29. The molecule has 1 heterocycles. The maximum atomic E-state index is 12.9. The zero-order valence-corrected chi connectivity index (χ0v) is 9.56. The smallest absolute Gasteiger partial charge is 0.317 e. The lowest BCUT2D eigenvalue weighted by Crippen LogP contribution is -2.19. The fraction of sp³-hybridized carbons (Fsp3) is 0. The highest BCUT2D eigenvalue weighted by molar-refractivity contribution is 5.86. The van der Waals surface area contributed by atoms with Gasteiger partial charge in [0.15, 0.2) is 0 Å². The number of hydrogen-bond acceptors (Lipinski definition) is 3. The molecule has 0 spiro atoms. The summed E-state index contributed by atoms with van der Waals surface area (Å²) in [5, 5.41) is 2.27. The molecule has 3 N–H and O–H groups in total. The van der Waals surface area contributed by atoms with Crippen molar-refractivity contribution < 1.29 is 18.3 Å².